The van der Waals surface area contributed by atoms with E-state index >= 15 is 0 Å². The average molecular weight is 320 g/mol. The number of rotatable bonds is 3. The van der Waals surface area contributed by atoms with E-state index in [1.807, 2.05) is 0 Å². The number of aliphatic hydroxyl groups excluding tert-OH is 1. The third kappa shape index (κ3) is 2.40. The molecule has 3 aromatic rings. The summed E-state index contributed by atoms with van der Waals surface area (Å²) in [7, 11) is 0. The number of nitrogens with zero attached hydrogens (tertiary/aromatic N) is 3. The number of hydrogen-bond donors (Lipinski definition) is 1. The van der Waals surface area contributed by atoms with Crippen LogP contribution in [0.2, 0.25) is 5.02 Å². The third-order valence-corrected chi connectivity index (χ3v) is 3.89. The zero-order valence-corrected chi connectivity index (χ0v) is 12.8. The van der Waals surface area contributed by atoms with Crippen LogP contribution in [0.4, 0.5) is 0 Å². The van der Waals surface area contributed by atoms with Crippen molar-refractivity contribution < 1.29 is 9.63 Å². The van der Waals surface area contributed by atoms with Crippen LogP contribution in [-0.4, -0.2) is 20.0 Å². The molecule has 0 amide bonds. The quantitative estimate of drug-likeness (QED) is 0.801. The Morgan fingerprint density at radius 1 is 1.36 bits per heavy atom. The van der Waals surface area contributed by atoms with Crippen LogP contribution in [0.3, 0.4) is 0 Å². The fraction of sp³-hybridized carbons (Fsp3) is 0.267. The Hall–Kier alpha value is -2.18. The second-order valence-electron chi connectivity index (χ2n) is 5.07. The van der Waals surface area contributed by atoms with Gasteiger partial charge >= 0.3 is 0 Å². The molecule has 22 heavy (non-hydrogen) atoms. The molecule has 1 unspecified atom stereocenters. The first-order chi connectivity index (χ1) is 10.5. The molecule has 1 aromatic carbocycles. The molecule has 0 aliphatic rings. The summed E-state index contributed by atoms with van der Waals surface area (Å²) < 4.78 is 6.24. The van der Waals surface area contributed by atoms with E-state index in [2.05, 4.69) is 10.3 Å². The molecule has 0 saturated carbocycles. The Morgan fingerprint density at radius 3 is 2.82 bits per heavy atom. The summed E-state index contributed by atoms with van der Waals surface area (Å²) in [6, 6.07) is 6.95. The molecule has 7 heteroatoms. The minimum atomic E-state index is -0.941. The molecule has 1 atom stereocenters. The molecule has 0 aliphatic carbocycles. The first-order valence-electron chi connectivity index (χ1n) is 6.75. The van der Waals surface area contributed by atoms with E-state index in [9.17, 15) is 9.90 Å². The van der Waals surface area contributed by atoms with Crippen LogP contribution in [0.1, 0.15) is 23.1 Å². The van der Waals surface area contributed by atoms with E-state index < -0.39 is 11.7 Å². The zero-order chi connectivity index (χ0) is 15.9. The van der Waals surface area contributed by atoms with Crippen molar-refractivity contribution in [3.63, 3.8) is 0 Å². The van der Waals surface area contributed by atoms with Crippen molar-refractivity contribution in [1.82, 2.24) is 14.9 Å². The van der Waals surface area contributed by atoms with Crippen LogP contribution < -0.4 is 5.56 Å². The van der Waals surface area contributed by atoms with Crippen molar-refractivity contribution in [2.24, 2.45) is 0 Å². The molecule has 114 valence electrons. The van der Waals surface area contributed by atoms with E-state index in [0.29, 0.717) is 27.4 Å². The van der Waals surface area contributed by atoms with Crippen molar-refractivity contribution in [3.05, 3.63) is 56.7 Å². The van der Waals surface area contributed by atoms with Crippen LogP contribution in [0.25, 0.3) is 10.9 Å². The molecule has 3 rings (SSSR count). The Bertz CT molecular complexity index is 901. The molecular weight excluding hydrogens is 306 g/mol. The first-order valence-corrected chi connectivity index (χ1v) is 7.13. The number of aliphatic hydroxyl groups is 1. The number of hydrogen-bond acceptors (Lipinski definition) is 5. The van der Waals surface area contributed by atoms with Crippen LogP contribution in [-0.2, 0) is 6.54 Å². The largest absolute Gasteiger partial charge is 0.386 e. The molecule has 2 heterocycles. The second kappa shape index (κ2) is 5.55. The van der Waals surface area contributed by atoms with Gasteiger partial charge in [-0.05, 0) is 19.9 Å². The summed E-state index contributed by atoms with van der Waals surface area (Å²) in [5, 5.41) is 19.4. The highest BCUT2D eigenvalue weighted by Crippen LogP contribution is 2.24. The van der Waals surface area contributed by atoms with Crippen molar-refractivity contribution in [2.45, 2.75) is 26.5 Å². The van der Waals surface area contributed by atoms with Crippen molar-refractivity contribution in [3.8, 4) is 0 Å². The average Bonchev–Trinajstić information content (AvgIpc) is 2.87. The van der Waals surface area contributed by atoms with E-state index in [-0.39, 0.29) is 12.1 Å². The van der Waals surface area contributed by atoms with E-state index in [1.165, 1.54) is 4.68 Å². The van der Waals surface area contributed by atoms with Crippen LogP contribution in [0, 0.1) is 13.8 Å². The summed E-state index contributed by atoms with van der Waals surface area (Å²) in [5.41, 5.74) is 0.992. The fourth-order valence-electron chi connectivity index (χ4n) is 2.47. The Morgan fingerprint density at radius 2 is 2.09 bits per heavy atom. The second-order valence-corrected chi connectivity index (χ2v) is 5.48. The molecule has 0 radical (unpaired) electrons. The maximum atomic E-state index is 12.4. The van der Waals surface area contributed by atoms with Gasteiger partial charge in [0.15, 0.2) is 5.52 Å². The smallest absolute Gasteiger partial charge is 0.296 e. The predicted molar refractivity (Wildman–Crippen MR) is 81.9 cm³/mol. The van der Waals surface area contributed by atoms with Crippen molar-refractivity contribution >= 4 is 22.5 Å². The highest BCUT2D eigenvalue weighted by Gasteiger charge is 2.18. The van der Waals surface area contributed by atoms with Gasteiger partial charge in [0.05, 0.1) is 17.6 Å². The van der Waals surface area contributed by atoms with Crippen molar-refractivity contribution in [2.75, 3.05) is 0 Å². The number of benzene rings is 1. The van der Waals surface area contributed by atoms with Gasteiger partial charge in [-0.3, -0.25) is 4.79 Å². The van der Waals surface area contributed by atoms with Gasteiger partial charge in [-0.1, -0.05) is 35.0 Å². The Balaban J connectivity index is 2.03. The predicted octanol–water partition coefficient (Wildman–Crippen LogP) is 2.39. The monoisotopic (exact) mass is 319 g/mol. The summed E-state index contributed by atoms with van der Waals surface area (Å²) in [6.45, 7) is 3.49. The van der Waals surface area contributed by atoms with Gasteiger partial charge in [-0.2, -0.15) is 5.10 Å². The van der Waals surface area contributed by atoms with Gasteiger partial charge in [0.1, 0.15) is 11.9 Å². The van der Waals surface area contributed by atoms with E-state index in [0.717, 1.165) is 0 Å². The van der Waals surface area contributed by atoms with Crippen molar-refractivity contribution in [1.29, 1.82) is 0 Å². The molecule has 0 bridgehead atoms. The Kier molecular flexibility index (Phi) is 3.72. The first kappa shape index (κ1) is 14.7. The topological polar surface area (TPSA) is 81.1 Å². The van der Waals surface area contributed by atoms with Crippen LogP contribution in [0.5, 0.6) is 0 Å². The van der Waals surface area contributed by atoms with E-state index in [1.54, 1.807) is 38.1 Å². The molecule has 2 aromatic heterocycles. The molecule has 1 N–H and O–H groups in total. The fourth-order valence-corrected chi connectivity index (χ4v) is 2.74. The molecular formula is C15H14ClN3O3. The Labute approximate surface area is 130 Å². The number of fused-ring (bicyclic) bond motifs is 1. The maximum Gasteiger partial charge on any atom is 0.296 e. The number of halogens is 1. The lowest BCUT2D eigenvalue weighted by atomic mass is 10.1. The van der Waals surface area contributed by atoms with Gasteiger partial charge < -0.3 is 9.63 Å². The van der Waals surface area contributed by atoms with Gasteiger partial charge in [-0.25, -0.2) is 4.68 Å². The summed E-state index contributed by atoms with van der Waals surface area (Å²) in [4.78, 5) is 12.4. The zero-order valence-electron chi connectivity index (χ0n) is 12.1. The highest BCUT2D eigenvalue weighted by molar-refractivity contribution is 6.31. The van der Waals surface area contributed by atoms with Gasteiger partial charge in [0.25, 0.3) is 5.56 Å². The van der Waals surface area contributed by atoms with E-state index in [4.69, 9.17) is 16.1 Å². The summed E-state index contributed by atoms with van der Waals surface area (Å²) in [6.07, 6.45) is -0.941. The third-order valence-electron chi connectivity index (χ3n) is 3.54. The number of aromatic nitrogens is 3. The van der Waals surface area contributed by atoms with Gasteiger partial charge in [0, 0.05) is 10.6 Å². The minimum Gasteiger partial charge on any atom is -0.386 e. The molecule has 0 aliphatic heterocycles. The standard InChI is InChI=1S/C15H14ClN3O3/c1-8-13-9(2)22-18-14(13)15(21)19(17-8)7-12(20)10-5-3-4-6-11(10)16/h3-6,12,20H,7H2,1-2H3. The maximum absolute atomic E-state index is 12.4. The molecule has 0 fully saturated rings. The van der Waals surface area contributed by atoms with Gasteiger partial charge in [-0.15, -0.1) is 0 Å². The highest BCUT2D eigenvalue weighted by atomic mass is 35.5. The van der Waals surface area contributed by atoms with Gasteiger partial charge in [0.2, 0.25) is 0 Å². The SMILES string of the molecule is Cc1nn(CC(O)c2ccccc2Cl)c(=O)c2noc(C)c12. The minimum absolute atomic E-state index is 0.00868. The summed E-state index contributed by atoms with van der Waals surface area (Å²) in [5.74, 6) is 0.552. The summed E-state index contributed by atoms with van der Waals surface area (Å²) >= 11 is 6.06. The molecule has 6 nitrogen and oxygen atoms in total. The number of aryl methyl sites for hydroxylation is 2. The lowest BCUT2D eigenvalue weighted by molar-refractivity contribution is 0.149. The lowest BCUT2D eigenvalue weighted by Gasteiger charge is -2.14. The normalized spacial score (nSPS) is 12.7. The lowest BCUT2D eigenvalue weighted by Crippen LogP contribution is -2.27. The molecule has 0 spiro atoms. The van der Waals surface area contributed by atoms with Crippen LogP contribution >= 0.6 is 11.6 Å². The van der Waals surface area contributed by atoms with Crippen LogP contribution in [0.15, 0.2) is 33.6 Å². The molecule has 0 saturated heterocycles.